The highest BCUT2D eigenvalue weighted by Gasteiger charge is 3.00. The van der Waals surface area contributed by atoms with Crippen LogP contribution in [0.15, 0.2) is 23.9 Å². The lowest BCUT2D eigenvalue weighted by atomic mass is 9.93. The molecule has 1 fully saturated rings. The van der Waals surface area contributed by atoms with Gasteiger partial charge >= 0.3 is 17.6 Å². The highest BCUT2D eigenvalue weighted by atomic mass is 16.8. The summed E-state index contributed by atoms with van der Waals surface area (Å²) in [6.45, 7) is 0. The van der Waals surface area contributed by atoms with E-state index in [4.69, 9.17) is 0 Å². The Balaban J connectivity index is 3.12. The van der Waals surface area contributed by atoms with Gasteiger partial charge < -0.3 is 0 Å². The minimum atomic E-state index is -4.67. The average Bonchev–Trinajstić information content (AvgIpc) is 2.83. The van der Waals surface area contributed by atoms with Crippen molar-refractivity contribution in [2.24, 2.45) is 0 Å². The molecule has 27 heavy (non-hydrogen) atoms. The van der Waals surface area contributed by atoms with Crippen molar-refractivity contribution in [2.75, 3.05) is 0 Å². The van der Waals surface area contributed by atoms with E-state index in [0.29, 0.717) is 18.2 Å². The molecule has 0 aromatic heterocycles. The molecule has 0 N–H and O–H groups in total. The Hall–Kier alpha value is -4.52. The summed E-state index contributed by atoms with van der Waals surface area (Å²) in [4.78, 5) is 60.9. The van der Waals surface area contributed by atoms with Crippen molar-refractivity contribution in [3.63, 3.8) is 0 Å². The molecular formula is C7H4N8O12. The van der Waals surface area contributed by atoms with Crippen molar-refractivity contribution in [3.8, 4) is 0 Å². The molecule has 2 atom stereocenters. The van der Waals surface area contributed by atoms with E-state index in [1.54, 1.807) is 0 Å². The molecule has 1 aliphatic heterocycles. The quantitative estimate of drug-likeness (QED) is 0.275. The molecule has 0 radical (unpaired) electrons. The summed E-state index contributed by atoms with van der Waals surface area (Å²) < 4.78 is 0. The molecule has 1 aliphatic carbocycles. The van der Waals surface area contributed by atoms with Gasteiger partial charge in [-0.15, -0.1) is 0 Å². The third-order valence-corrected chi connectivity index (χ3v) is 3.78. The monoisotopic (exact) mass is 392 g/mol. The number of hydrogen-bond donors (Lipinski definition) is 0. The smallest absolute Gasteiger partial charge is 0.263 e. The number of hydrazine groups is 2. The molecule has 0 bridgehead atoms. The standard InChI is InChI=1S/C7H4N8O12/c16-9(17)5-3-1-2-4-6(5,11(18)19)10(15(26)27)7(12(20)21,13(22)23)8(4)14(24)25/h1-3,5H. The number of rotatable bonds is 6. The number of nitrogens with zero attached hydrogens (tertiary/aromatic N) is 8. The summed E-state index contributed by atoms with van der Waals surface area (Å²) in [7, 11) is 0. The Morgan fingerprint density at radius 3 is 1.67 bits per heavy atom. The zero-order valence-electron chi connectivity index (χ0n) is 12.3. The van der Waals surface area contributed by atoms with Gasteiger partial charge in [-0.3, -0.25) is 40.5 Å². The highest BCUT2D eigenvalue weighted by molar-refractivity contribution is 5.33. The average molecular weight is 392 g/mol. The van der Waals surface area contributed by atoms with Crippen molar-refractivity contribution in [2.45, 2.75) is 17.6 Å². The first kappa shape index (κ1) is 18.8. The van der Waals surface area contributed by atoms with Gasteiger partial charge in [0.2, 0.25) is 5.70 Å². The fourth-order valence-electron chi connectivity index (χ4n) is 2.90. The molecule has 0 amide bonds. The van der Waals surface area contributed by atoms with Gasteiger partial charge in [0.25, 0.3) is 0 Å². The Morgan fingerprint density at radius 2 is 1.33 bits per heavy atom. The van der Waals surface area contributed by atoms with Crippen LogP contribution in [-0.4, -0.2) is 57.4 Å². The van der Waals surface area contributed by atoms with Gasteiger partial charge in [-0.25, -0.2) is 20.2 Å². The zero-order valence-corrected chi connectivity index (χ0v) is 12.3. The first-order valence-corrected chi connectivity index (χ1v) is 6.24. The van der Waals surface area contributed by atoms with Crippen LogP contribution in [0.5, 0.6) is 0 Å². The molecule has 2 rings (SSSR count). The second kappa shape index (κ2) is 5.50. The van der Waals surface area contributed by atoms with E-state index < -0.39 is 63.1 Å². The van der Waals surface area contributed by atoms with E-state index >= 15 is 0 Å². The van der Waals surface area contributed by atoms with Gasteiger partial charge in [-0.1, -0.05) is 6.08 Å². The molecule has 2 unspecified atom stereocenters. The first-order chi connectivity index (χ1) is 12.4. The number of fused-ring (bicyclic) bond motifs is 1. The maximum atomic E-state index is 11.7. The summed E-state index contributed by atoms with van der Waals surface area (Å²) >= 11 is 0. The minimum absolute atomic E-state index is 0.344. The summed E-state index contributed by atoms with van der Waals surface area (Å²) in [5.41, 5.74) is -5.55. The molecule has 0 aromatic carbocycles. The fraction of sp³-hybridized carbons (Fsp3) is 0.429. The van der Waals surface area contributed by atoms with Crippen LogP contribution in [0.3, 0.4) is 0 Å². The van der Waals surface area contributed by atoms with Crippen molar-refractivity contribution in [1.29, 1.82) is 0 Å². The maximum absolute atomic E-state index is 11.7. The number of nitro groups is 6. The van der Waals surface area contributed by atoms with Crippen LogP contribution >= 0.6 is 0 Å². The van der Waals surface area contributed by atoms with Crippen molar-refractivity contribution in [3.05, 3.63) is 84.6 Å². The summed E-state index contributed by atoms with van der Waals surface area (Å²) in [6.07, 6.45) is 1.35. The highest BCUT2D eigenvalue weighted by Crippen LogP contribution is 2.50. The van der Waals surface area contributed by atoms with Crippen LogP contribution in [0, 0.1) is 60.7 Å². The maximum Gasteiger partial charge on any atom is 0.748 e. The topological polar surface area (TPSA) is 265 Å². The van der Waals surface area contributed by atoms with Crippen molar-refractivity contribution < 1.29 is 29.8 Å². The van der Waals surface area contributed by atoms with Gasteiger partial charge in [-0.05, 0) is 12.2 Å². The van der Waals surface area contributed by atoms with Gasteiger partial charge in [0, 0.05) is 4.92 Å². The van der Waals surface area contributed by atoms with Gasteiger partial charge in [0.15, 0.2) is 19.9 Å². The molecule has 20 heteroatoms. The zero-order chi connectivity index (χ0) is 20.9. The molecule has 1 saturated heterocycles. The van der Waals surface area contributed by atoms with E-state index in [-0.39, 0.29) is 0 Å². The molecule has 0 saturated carbocycles. The lowest BCUT2D eigenvalue weighted by Gasteiger charge is -2.23. The minimum Gasteiger partial charge on any atom is -0.263 e. The van der Waals surface area contributed by atoms with Crippen LogP contribution in [0.25, 0.3) is 0 Å². The normalized spacial score (nSPS) is 25.3. The van der Waals surface area contributed by atoms with Crippen LogP contribution in [-0.2, 0) is 0 Å². The van der Waals surface area contributed by atoms with Crippen LogP contribution in [0.2, 0.25) is 0 Å². The van der Waals surface area contributed by atoms with Crippen LogP contribution < -0.4 is 0 Å². The first-order valence-electron chi connectivity index (χ1n) is 6.24. The summed E-state index contributed by atoms with van der Waals surface area (Å²) in [6, 6.07) is -2.80. The SMILES string of the molecule is O=[N+]([O-])C1C=CC=C2N([N+](=O)[O-])C([N+](=O)[O-])([N+](=O)[O-])N([N+](=O)[O-])C21[N+](=O)[O-]. The summed E-state index contributed by atoms with van der Waals surface area (Å²) in [5.74, 6) is -4.67. The van der Waals surface area contributed by atoms with Gasteiger partial charge in [-0.2, -0.15) is 0 Å². The van der Waals surface area contributed by atoms with Gasteiger partial charge in [0.05, 0.1) is 9.93 Å². The third kappa shape index (κ3) is 1.90. The molecule has 0 spiro atoms. The second-order valence-corrected chi connectivity index (χ2v) is 4.86. The number of hydrogen-bond acceptors (Lipinski definition) is 12. The predicted molar refractivity (Wildman–Crippen MR) is 72.1 cm³/mol. The lowest BCUT2D eigenvalue weighted by Crippen LogP contribution is -2.73. The second-order valence-electron chi connectivity index (χ2n) is 4.86. The fourth-order valence-corrected chi connectivity index (χ4v) is 2.90. The van der Waals surface area contributed by atoms with Crippen LogP contribution in [0.4, 0.5) is 0 Å². The molecule has 1 heterocycles. The van der Waals surface area contributed by atoms with Crippen molar-refractivity contribution >= 4 is 0 Å². The van der Waals surface area contributed by atoms with Gasteiger partial charge in [0.1, 0.15) is 5.01 Å². The molecule has 0 aromatic rings. The molecule has 20 nitrogen and oxygen atoms in total. The Bertz CT molecular complexity index is 850. The van der Waals surface area contributed by atoms with E-state index in [2.05, 4.69) is 0 Å². The summed E-state index contributed by atoms with van der Waals surface area (Å²) in [5, 5.41) is 62.2. The number of allylic oxidation sites excluding steroid dienone is 2. The van der Waals surface area contributed by atoms with Crippen molar-refractivity contribution in [1.82, 2.24) is 10.0 Å². The molecule has 144 valence electrons. The molecular weight excluding hydrogens is 388 g/mol. The third-order valence-electron chi connectivity index (χ3n) is 3.78. The molecule has 2 aliphatic rings. The Kier molecular flexibility index (Phi) is 3.83. The largest absolute Gasteiger partial charge is 0.748 e. The Labute approximate surface area is 143 Å². The Morgan fingerprint density at radius 1 is 0.815 bits per heavy atom. The lowest BCUT2D eigenvalue weighted by molar-refractivity contribution is -0.968. The van der Waals surface area contributed by atoms with E-state index in [0.717, 1.165) is 0 Å². The van der Waals surface area contributed by atoms with E-state index in [1.165, 1.54) is 0 Å². The van der Waals surface area contributed by atoms with Crippen LogP contribution in [0.1, 0.15) is 0 Å². The van der Waals surface area contributed by atoms with E-state index in [9.17, 15) is 60.7 Å². The predicted octanol–water partition coefficient (Wildman–Crippen LogP) is -1.78. The van der Waals surface area contributed by atoms with E-state index in [1.807, 2.05) is 0 Å².